The number of nitrogens with zero attached hydrogens (tertiary/aromatic N) is 1. The summed E-state index contributed by atoms with van der Waals surface area (Å²) in [5.74, 6) is 1.04. The topological polar surface area (TPSA) is 61.4 Å². The van der Waals surface area contributed by atoms with Gasteiger partial charge in [0.25, 0.3) is 0 Å². The van der Waals surface area contributed by atoms with E-state index in [1.54, 1.807) is 0 Å². The molecule has 2 fully saturated rings. The number of nitrogens with one attached hydrogen (secondary N) is 2. The number of benzene rings is 1. The van der Waals surface area contributed by atoms with Crippen LogP contribution in [0.5, 0.6) is 0 Å². The van der Waals surface area contributed by atoms with Crippen LogP contribution in [0.25, 0.3) is 0 Å². The summed E-state index contributed by atoms with van der Waals surface area (Å²) in [5, 5.41) is 5.88. The van der Waals surface area contributed by atoms with Crippen molar-refractivity contribution in [2.45, 2.75) is 58.0 Å². The van der Waals surface area contributed by atoms with Gasteiger partial charge in [-0.15, -0.1) is 0 Å². The van der Waals surface area contributed by atoms with Gasteiger partial charge in [0.2, 0.25) is 5.91 Å². The Morgan fingerprint density at radius 1 is 1.12 bits per heavy atom. The van der Waals surface area contributed by atoms with Gasteiger partial charge in [0.15, 0.2) is 0 Å². The van der Waals surface area contributed by atoms with Gasteiger partial charge in [-0.05, 0) is 29.9 Å². The molecular formula is C20H29N3O2. The summed E-state index contributed by atoms with van der Waals surface area (Å²) >= 11 is 0. The Bertz CT molecular complexity index is 596. The Kier molecular flexibility index (Phi) is 6.31. The third-order valence-corrected chi connectivity index (χ3v) is 5.30. The van der Waals surface area contributed by atoms with E-state index in [2.05, 4.69) is 16.7 Å². The number of rotatable bonds is 7. The van der Waals surface area contributed by atoms with E-state index in [1.807, 2.05) is 23.1 Å². The Morgan fingerprint density at radius 2 is 1.92 bits per heavy atom. The van der Waals surface area contributed by atoms with Crippen molar-refractivity contribution in [2.24, 2.45) is 5.92 Å². The lowest BCUT2D eigenvalue weighted by atomic mass is 10.0. The first-order chi connectivity index (χ1) is 12.2. The van der Waals surface area contributed by atoms with Crippen molar-refractivity contribution >= 4 is 11.9 Å². The van der Waals surface area contributed by atoms with E-state index in [0.29, 0.717) is 19.5 Å². The molecule has 1 saturated carbocycles. The smallest absolute Gasteiger partial charge is 0.315 e. The second kappa shape index (κ2) is 8.88. The van der Waals surface area contributed by atoms with Crippen LogP contribution in [-0.4, -0.2) is 29.9 Å². The molecule has 1 saturated heterocycles. The zero-order chi connectivity index (χ0) is 17.5. The number of carbonyl (C=O) groups is 2. The first-order valence-corrected chi connectivity index (χ1v) is 9.58. The van der Waals surface area contributed by atoms with Crippen LogP contribution < -0.4 is 10.6 Å². The molecule has 2 N–H and O–H groups in total. The van der Waals surface area contributed by atoms with E-state index in [-0.39, 0.29) is 11.9 Å². The van der Waals surface area contributed by atoms with E-state index in [1.165, 1.54) is 25.7 Å². The lowest BCUT2D eigenvalue weighted by Gasteiger charge is -2.16. The molecule has 1 aromatic rings. The Labute approximate surface area is 150 Å². The predicted octanol–water partition coefficient (Wildman–Crippen LogP) is 3.19. The fourth-order valence-corrected chi connectivity index (χ4v) is 3.86. The highest BCUT2D eigenvalue weighted by atomic mass is 16.2. The minimum atomic E-state index is -0.0990. The molecule has 5 nitrogen and oxygen atoms in total. The SMILES string of the molecule is O=C(NCCC1CCCC1)NCc1cccc(CN2CCCC2=O)c1. The van der Waals surface area contributed by atoms with Crippen LogP contribution >= 0.6 is 0 Å². The summed E-state index contributed by atoms with van der Waals surface area (Å²) in [6, 6.07) is 8.01. The number of carbonyl (C=O) groups excluding carboxylic acids is 2. The molecule has 5 heteroatoms. The number of urea groups is 1. The molecule has 25 heavy (non-hydrogen) atoms. The second-order valence-corrected chi connectivity index (χ2v) is 7.29. The predicted molar refractivity (Wildman–Crippen MR) is 97.9 cm³/mol. The molecule has 0 aromatic heterocycles. The number of hydrogen-bond acceptors (Lipinski definition) is 2. The summed E-state index contributed by atoms with van der Waals surface area (Å²) < 4.78 is 0. The highest BCUT2D eigenvalue weighted by Crippen LogP contribution is 2.26. The van der Waals surface area contributed by atoms with E-state index >= 15 is 0 Å². The van der Waals surface area contributed by atoms with Gasteiger partial charge >= 0.3 is 6.03 Å². The van der Waals surface area contributed by atoms with Crippen LogP contribution in [0, 0.1) is 5.92 Å². The van der Waals surface area contributed by atoms with Crippen LogP contribution in [0.15, 0.2) is 24.3 Å². The van der Waals surface area contributed by atoms with Crippen LogP contribution in [-0.2, 0) is 17.9 Å². The lowest BCUT2D eigenvalue weighted by molar-refractivity contribution is -0.128. The largest absolute Gasteiger partial charge is 0.338 e. The molecule has 1 aliphatic heterocycles. The third kappa shape index (κ3) is 5.48. The van der Waals surface area contributed by atoms with Gasteiger partial charge in [0, 0.05) is 32.6 Å². The van der Waals surface area contributed by atoms with Crippen molar-refractivity contribution in [2.75, 3.05) is 13.1 Å². The van der Waals surface area contributed by atoms with Crippen molar-refractivity contribution in [3.8, 4) is 0 Å². The summed E-state index contributed by atoms with van der Waals surface area (Å²) in [7, 11) is 0. The second-order valence-electron chi connectivity index (χ2n) is 7.29. The molecule has 1 aromatic carbocycles. The van der Waals surface area contributed by atoms with Crippen molar-refractivity contribution in [3.05, 3.63) is 35.4 Å². The maximum absolute atomic E-state index is 11.9. The Hall–Kier alpha value is -2.04. The zero-order valence-corrected chi connectivity index (χ0v) is 14.9. The normalized spacial score (nSPS) is 17.9. The maximum Gasteiger partial charge on any atom is 0.315 e. The van der Waals surface area contributed by atoms with Gasteiger partial charge in [-0.2, -0.15) is 0 Å². The Morgan fingerprint density at radius 3 is 2.68 bits per heavy atom. The summed E-state index contributed by atoms with van der Waals surface area (Å²) in [4.78, 5) is 25.6. The molecule has 2 aliphatic rings. The average molecular weight is 343 g/mol. The average Bonchev–Trinajstić information content (AvgIpc) is 3.26. The molecule has 3 amide bonds. The number of likely N-dealkylation sites (tertiary alicyclic amines) is 1. The monoisotopic (exact) mass is 343 g/mol. The van der Waals surface area contributed by atoms with Gasteiger partial charge in [-0.25, -0.2) is 4.79 Å². The van der Waals surface area contributed by atoms with Crippen molar-refractivity contribution in [3.63, 3.8) is 0 Å². The fraction of sp³-hybridized carbons (Fsp3) is 0.600. The van der Waals surface area contributed by atoms with Crippen LogP contribution in [0.3, 0.4) is 0 Å². The highest BCUT2D eigenvalue weighted by molar-refractivity contribution is 5.78. The van der Waals surface area contributed by atoms with Gasteiger partial charge in [0.1, 0.15) is 0 Å². The first-order valence-electron chi connectivity index (χ1n) is 9.58. The standard InChI is InChI=1S/C20H29N3O2/c24-19-9-4-12-23(19)15-18-8-3-7-17(13-18)14-22-20(25)21-11-10-16-5-1-2-6-16/h3,7-8,13,16H,1-2,4-6,9-12,14-15H2,(H2,21,22,25). The van der Waals surface area contributed by atoms with Crippen LogP contribution in [0.4, 0.5) is 4.79 Å². The molecule has 1 aliphatic carbocycles. The summed E-state index contributed by atoms with van der Waals surface area (Å²) in [6.07, 6.45) is 8.04. The van der Waals surface area contributed by atoms with Crippen molar-refractivity contribution < 1.29 is 9.59 Å². The quantitative estimate of drug-likeness (QED) is 0.799. The van der Waals surface area contributed by atoms with Crippen LogP contribution in [0.2, 0.25) is 0 Å². The van der Waals surface area contributed by atoms with Gasteiger partial charge in [0.05, 0.1) is 0 Å². The molecule has 136 valence electrons. The highest BCUT2D eigenvalue weighted by Gasteiger charge is 2.20. The molecule has 0 spiro atoms. The zero-order valence-electron chi connectivity index (χ0n) is 14.9. The van der Waals surface area contributed by atoms with E-state index < -0.39 is 0 Å². The summed E-state index contributed by atoms with van der Waals surface area (Å²) in [5.41, 5.74) is 2.19. The maximum atomic E-state index is 11.9. The lowest BCUT2D eigenvalue weighted by Crippen LogP contribution is -2.36. The van der Waals surface area contributed by atoms with E-state index in [0.717, 1.165) is 43.0 Å². The van der Waals surface area contributed by atoms with Crippen molar-refractivity contribution in [1.29, 1.82) is 0 Å². The number of hydrogen-bond donors (Lipinski definition) is 2. The van der Waals surface area contributed by atoms with E-state index in [4.69, 9.17) is 0 Å². The van der Waals surface area contributed by atoms with Gasteiger partial charge < -0.3 is 15.5 Å². The molecule has 0 atom stereocenters. The molecular weight excluding hydrogens is 314 g/mol. The molecule has 3 rings (SSSR count). The fourth-order valence-electron chi connectivity index (χ4n) is 3.86. The van der Waals surface area contributed by atoms with Crippen LogP contribution in [0.1, 0.15) is 56.1 Å². The number of amides is 3. The minimum Gasteiger partial charge on any atom is -0.338 e. The summed E-state index contributed by atoms with van der Waals surface area (Å²) in [6.45, 7) is 2.79. The van der Waals surface area contributed by atoms with Gasteiger partial charge in [-0.3, -0.25) is 4.79 Å². The van der Waals surface area contributed by atoms with E-state index in [9.17, 15) is 9.59 Å². The third-order valence-electron chi connectivity index (χ3n) is 5.30. The minimum absolute atomic E-state index is 0.0990. The molecule has 0 radical (unpaired) electrons. The molecule has 0 bridgehead atoms. The van der Waals surface area contributed by atoms with Gasteiger partial charge in [-0.1, -0.05) is 49.9 Å². The Balaban J connectivity index is 1.39. The molecule has 1 heterocycles. The van der Waals surface area contributed by atoms with Crippen molar-refractivity contribution in [1.82, 2.24) is 15.5 Å². The molecule has 0 unspecified atom stereocenters. The first kappa shape index (κ1) is 17.8.